The fourth-order valence-corrected chi connectivity index (χ4v) is 5.80. The van der Waals surface area contributed by atoms with Crippen LogP contribution in [0.3, 0.4) is 0 Å². The van der Waals surface area contributed by atoms with E-state index in [2.05, 4.69) is 219 Å². The Bertz CT molecular complexity index is 3680. The number of pyridine rings is 1. The molecule has 3 aromatic heterocycles. The van der Waals surface area contributed by atoms with Gasteiger partial charge in [-0.15, -0.1) is 11.5 Å². The predicted molar refractivity (Wildman–Crippen MR) is 283 cm³/mol. The minimum atomic E-state index is -0.622. The SMILES string of the molecule is C#CC#CC#CC#CC#CC#CC#CC#CC#CC#CC#CC#CC.NN=NN=NN=NN=[N+]([O-])OO.O=C(Nc1cccc2c1OCCn1nnnc1-2)c1cc(-n2cnc(C3CC3)c2)c(N2CC[C@@H](O)C2)cn1.[HH].[HH].[HH].[HH].[HH].[HH].[HH].[HH].[HH].[HH]. The molecule has 24 heteroatoms. The maximum atomic E-state index is 13.4. The van der Waals surface area contributed by atoms with Crippen LogP contribution in [-0.4, -0.2) is 81.8 Å². The normalized spacial score (nSPS) is 12.8. The third kappa shape index (κ3) is 18.0. The number of β-amino-alcohol motifs (C(OH)–C–C–N with tert-alkyl or cyclic N) is 1. The van der Waals surface area contributed by atoms with Crippen molar-refractivity contribution < 1.29 is 44.2 Å². The first kappa shape index (κ1) is 53.1. The zero-order valence-corrected chi connectivity index (χ0v) is 38.5. The number of imidazole rings is 1. The molecule has 378 valence electrons. The van der Waals surface area contributed by atoms with Crippen molar-refractivity contribution in [1.29, 1.82) is 0 Å². The van der Waals surface area contributed by atoms with Crippen LogP contribution in [0.25, 0.3) is 17.1 Å². The number of nitrogens with one attached hydrogen (secondary N) is 1. The number of ether oxygens (including phenoxy) is 1. The average Bonchev–Trinajstić information content (AvgIpc) is 3.76. The number of rotatable bonds is 9. The first-order valence-corrected chi connectivity index (χ1v) is 20.9. The fraction of sp³-hybridized carbons (Fsp3) is 0.200. The number of hydrogen-bond donors (Lipinski definition) is 4. The third-order valence-electron chi connectivity index (χ3n) is 8.90. The number of tetrazole rings is 1. The lowest BCUT2D eigenvalue weighted by Gasteiger charge is -2.22. The van der Waals surface area contributed by atoms with Crippen LogP contribution in [-0.2, 0) is 11.5 Å². The summed E-state index contributed by atoms with van der Waals surface area (Å²) in [5.74, 6) is 62.7. The molecule has 1 saturated heterocycles. The summed E-state index contributed by atoms with van der Waals surface area (Å²) < 4.78 is 9.60. The maximum Gasteiger partial charge on any atom is 0.274 e. The van der Waals surface area contributed by atoms with Gasteiger partial charge in [0.2, 0.25) is 10.4 Å². The Balaban J connectivity index is -0.000000288. The monoisotopic (exact) mass is 1000 g/mol. The standard InChI is InChI=1S/C25H25N9O3.C25H4.H3N9O3.10H2/c35-16-6-7-32(12-16)22-11-26-19(10-21(22)33-13-20(27-14-33)15-4-5-15)25(36)28-18-3-1-2-17-23(18)37-9-8-34-24(17)29-30-31-34;1-3-5-7-9-11-13-15-17-19-21-23-25-24-22-20-18-16-14-12-10-8-6-4-2;1-2-3-4-5-6-7-8-9(10)12-11;;;;;;;;;;/h1-3,10-11,13-16,35H,4-9,12H2,(H,28,36);1H,2H3;11H,(H2,1,3,5,7);10*1H/t16-;;;;;;;;;;;;/m1............/s1. The van der Waals surface area contributed by atoms with Crippen LogP contribution in [0.1, 0.15) is 62.6 Å². The average molecular weight is 1000 g/mol. The van der Waals surface area contributed by atoms with Gasteiger partial charge in [-0.25, -0.2) is 14.6 Å². The van der Waals surface area contributed by atoms with Crippen molar-refractivity contribution in [2.75, 3.05) is 29.9 Å². The van der Waals surface area contributed by atoms with Crippen LogP contribution < -0.4 is 20.8 Å². The first-order valence-electron chi connectivity index (χ1n) is 20.9. The topological polar surface area (TPSA) is 304 Å². The molecule has 4 aromatic rings. The van der Waals surface area contributed by atoms with Gasteiger partial charge in [0, 0.05) is 85.4 Å². The van der Waals surface area contributed by atoms with Crippen molar-refractivity contribution in [2.24, 2.45) is 42.4 Å². The molecule has 0 bridgehead atoms. The van der Waals surface area contributed by atoms with Gasteiger partial charge in [-0.1, -0.05) is 17.2 Å². The molecule has 2 fully saturated rings. The lowest BCUT2D eigenvalue weighted by atomic mass is 10.1. The maximum absolute atomic E-state index is 13.4. The Labute approximate surface area is 437 Å². The Hall–Kier alpha value is -11.8. The van der Waals surface area contributed by atoms with E-state index in [-0.39, 0.29) is 32.0 Å². The summed E-state index contributed by atoms with van der Waals surface area (Å²) >= 11 is 0. The molecule has 1 amide bonds. The van der Waals surface area contributed by atoms with Gasteiger partial charge < -0.3 is 40.7 Å². The molecule has 0 spiro atoms. The number of carbonyl (C=O) groups excluding carboxylic acids is 1. The molecule has 0 unspecified atom stereocenters. The smallest absolute Gasteiger partial charge is 0.274 e. The van der Waals surface area contributed by atoms with E-state index in [1.165, 1.54) is 0 Å². The molecular weight excluding hydrogens is 949 g/mol. The van der Waals surface area contributed by atoms with Gasteiger partial charge in [0.25, 0.3) is 5.91 Å². The minimum absolute atomic E-state index is 0. The summed E-state index contributed by atoms with van der Waals surface area (Å²) in [6.07, 6.45) is 13.1. The molecule has 5 N–H and O–H groups in total. The van der Waals surface area contributed by atoms with Crippen LogP contribution in [0.15, 0.2) is 79.5 Å². The number of amides is 1. The summed E-state index contributed by atoms with van der Waals surface area (Å²) in [6, 6.07) is 7.25. The second-order valence-corrected chi connectivity index (χ2v) is 13.6. The second-order valence-electron chi connectivity index (χ2n) is 13.6. The van der Waals surface area contributed by atoms with Crippen LogP contribution in [0.4, 0.5) is 11.4 Å². The van der Waals surface area contributed by atoms with Gasteiger partial charge in [-0.05, 0) is 155 Å². The first-order chi connectivity index (χ1) is 36.4. The summed E-state index contributed by atoms with van der Waals surface area (Å²) in [5, 5.41) is 60.9. The van der Waals surface area contributed by atoms with E-state index in [1.54, 1.807) is 36.3 Å². The Kier molecular flexibility index (Phi) is 21.9. The number of fused-ring (bicyclic) bond motifs is 3. The van der Waals surface area contributed by atoms with E-state index in [0.717, 1.165) is 36.5 Å². The zero-order valence-electron chi connectivity index (χ0n) is 38.5. The van der Waals surface area contributed by atoms with E-state index in [0.29, 0.717) is 54.9 Å². The molecule has 5 heterocycles. The Morgan fingerprint density at radius 2 is 1.49 bits per heavy atom. The summed E-state index contributed by atoms with van der Waals surface area (Å²) in [4.78, 5) is 27.6. The number of benzene rings is 1. The van der Waals surface area contributed by atoms with Crippen LogP contribution >= 0.6 is 0 Å². The van der Waals surface area contributed by atoms with Crippen molar-refractivity contribution in [3.63, 3.8) is 0 Å². The Morgan fingerprint density at radius 1 is 0.865 bits per heavy atom. The number of carbonyl (C=O) groups is 1. The molecule has 3 aliphatic rings. The van der Waals surface area contributed by atoms with Gasteiger partial charge in [-0.3, -0.25) is 10.1 Å². The number of nitrogens with zero attached hydrogens (tertiary/aromatic N) is 16. The third-order valence-corrected chi connectivity index (χ3v) is 8.90. The number of aliphatic hydroxyl groups excluding tert-OH is 1. The van der Waals surface area contributed by atoms with Crippen molar-refractivity contribution in [3.05, 3.63) is 59.6 Å². The van der Waals surface area contributed by atoms with Crippen molar-refractivity contribution in [1.82, 2.24) is 34.7 Å². The molecule has 74 heavy (non-hydrogen) atoms. The highest BCUT2D eigenvalue weighted by atomic mass is 17.2. The highest BCUT2D eigenvalue weighted by Crippen LogP contribution is 2.40. The lowest BCUT2D eigenvalue weighted by molar-refractivity contribution is -0.873. The van der Waals surface area contributed by atoms with E-state index < -0.39 is 5.02 Å². The molecule has 1 aromatic carbocycles. The summed E-state index contributed by atoms with van der Waals surface area (Å²) in [7, 11) is 0. The van der Waals surface area contributed by atoms with Crippen molar-refractivity contribution in [3.8, 4) is 165 Å². The number of aliphatic hydroxyl groups is 1. The zero-order chi connectivity index (χ0) is 52.4. The van der Waals surface area contributed by atoms with Crippen molar-refractivity contribution in [2.45, 2.75) is 44.8 Å². The van der Waals surface area contributed by atoms with Crippen LogP contribution in [0.5, 0.6) is 5.75 Å². The van der Waals surface area contributed by atoms with Crippen LogP contribution in [0.2, 0.25) is 0 Å². The molecule has 2 aliphatic heterocycles. The minimum Gasteiger partial charge on any atom is -0.489 e. The molecular formula is C50H52N18O6. The quantitative estimate of drug-likeness (QED) is 0.0532. The molecule has 1 aliphatic carbocycles. The van der Waals surface area contributed by atoms with Gasteiger partial charge in [-0.2, -0.15) is 0 Å². The number of terminal acetylenes is 1. The fourth-order valence-electron chi connectivity index (χ4n) is 5.80. The number of nitrogens with two attached hydrogens (primary N) is 1. The number of para-hydroxylation sites is 1. The highest BCUT2D eigenvalue weighted by molar-refractivity contribution is 6.05. The highest BCUT2D eigenvalue weighted by Gasteiger charge is 2.28. The van der Waals surface area contributed by atoms with E-state index in [9.17, 15) is 15.1 Å². The van der Waals surface area contributed by atoms with Crippen LogP contribution in [0, 0.1) is 148 Å². The van der Waals surface area contributed by atoms with Gasteiger partial charge in [0.15, 0.2) is 11.6 Å². The van der Waals surface area contributed by atoms with Gasteiger partial charge >= 0.3 is 0 Å². The molecule has 7 rings (SSSR count). The van der Waals surface area contributed by atoms with E-state index in [1.807, 2.05) is 22.9 Å². The lowest BCUT2D eigenvalue weighted by Crippen LogP contribution is -2.24. The largest absolute Gasteiger partial charge is 0.489 e. The number of anilines is 2. The molecule has 1 atom stereocenters. The van der Waals surface area contributed by atoms with Gasteiger partial charge in [0.05, 0.1) is 58.5 Å². The number of aromatic nitrogens is 7. The molecule has 0 radical (unpaired) electrons. The molecule has 24 nitrogen and oxygen atoms in total. The van der Waals surface area contributed by atoms with E-state index in [4.69, 9.17) is 16.4 Å². The van der Waals surface area contributed by atoms with Crippen molar-refractivity contribution >= 4 is 17.3 Å². The van der Waals surface area contributed by atoms with E-state index >= 15 is 0 Å². The second kappa shape index (κ2) is 30.5. The summed E-state index contributed by atoms with van der Waals surface area (Å²) in [5.41, 5.74) is 4.21. The van der Waals surface area contributed by atoms with Gasteiger partial charge in [0.1, 0.15) is 17.5 Å². The number of hydrogen-bond acceptors (Lipinski definition) is 13. The Morgan fingerprint density at radius 3 is 2.07 bits per heavy atom. The predicted octanol–water partition coefficient (Wildman–Crippen LogP) is 5.48. The molecule has 1 saturated carbocycles. The summed E-state index contributed by atoms with van der Waals surface area (Å²) in [6.45, 7) is 3.83.